The lowest BCUT2D eigenvalue weighted by Gasteiger charge is -2.31. The molecular formula is C11H15FN2O. The smallest absolute Gasteiger partial charge is 0.141 e. The van der Waals surface area contributed by atoms with Crippen molar-refractivity contribution in [1.82, 2.24) is 4.98 Å². The van der Waals surface area contributed by atoms with Crippen LogP contribution in [0.1, 0.15) is 12.8 Å². The summed E-state index contributed by atoms with van der Waals surface area (Å²) in [5.74, 6) is 0.566. The van der Waals surface area contributed by atoms with Crippen LogP contribution in [-0.4, -0.2) is 31.3 Å². The fraction of sp³-hybridized carbons (Fsp3) is 0.545. The SMILES string of the molecule is COC1CCN(c2ccc(F)cn2)CC1. The Bertz CT molecular complexity index is 307. The second-order valence-corrected chi connectivity index (χ2v) is 3.76. The highest BCUT2D eigenvalue weighted by molar-refractivity contribution is 5.38. The Kier molecular flexibility index (Phi) is 3.16. The lowest BCUT2D eigenvalue weighted by molar-refractivity contribution is 0.0818. The zero-order valence-electron chi connectivity index (χ0n) is 8.82. The monoisotopic (exact) mass is 210 g/mol. The highest BCUT2D eigenvalue weighted by atomic mass is 19.1. The van der Waals surface area contributed by atoms with Crippen LogP contribution in [0.4, 0.5) is 10.2 Å². The molecule has 15 heavy (non-hydrogen) atoms. The summed E-state index contributed by atoms with van der Waals surface area (Å²) in [6.45, 7) is 1.86. The number of nitrogens with zero attached hydrogens (tertiary/aromatic N) is 2. The van der Waals surface area contributed by atoms with Gasteiger partial charge in [0.1, 0.15) is 11.6 Å². The predicted octanol–water partition coefficient (Wildman–Crippen LogP) is 1.84. The molecule has 3 nitrogen and oxygen atoms in total. The average Bonchev–Trinajstić information content (AvgIpc) is 2.30. The summed E-state index contributed by atoms with van der Waals surface area (Å²) >= 11 is 0. The Morgan fingerprint density at radius 2 is 2.13 bits per heavy atom. The van der Waals surface area contributed by atoms with E-state index in [0.29, 0.717) is 6.10 Å². The highest BCUT2D eigenvalue weighted by Crippen LogP contribution is 2.18. The average molecular weight is 210 g/mol. The quantitative estimate of drug-likeness (QED) is 0.744. The number of methoxy groups -OCH3 is 1. The first kappa shape index (κ1) is 10.4. The topological polar surface area (TPSA) is 25.4 Å². The molecule has 1 aliphatic heterocycles. The van der Waals surface area contributed by atoms with Gasteiger partial charge in [-0.15, -0.1) is 0 Å². The van der Waals surface area contributed by atoms with Gasteiger partial charge in [0.25, 0.3) is 0 Å². The summed E-state index contributed by atoms with van der Waals surface area (Å²) in [5, 5.41) is 0. The van der Waals surface area contributed by atoms with E-state index in [1.807, 2.05) is 0 Å². The van der Waals surface area contributed by atoms with Crippen LogP contribution >= 0.6 is 0 Å². The molecule has 2 heterocycles. The summed E-state index contributed by atoms with van der Waals surface area (Å²) < 4.78 is 18.0. The van der Waals surface area contributed by atoms with Gasteiger partial charge in [-0.1, -0.05) is 0 Å². The molecule has 2 rings (SSSR count). The second kappa shape index (κ2) is 4.57. The molecule has 0 aromatic carbocycles. The van der Waals surface area contributed by atoms with E-state index in [4.69, 9.17) is 4.74 Å². The van der Waals surface area contributed by atoms with Crippen LogP contribution in [0, 0.1) is 5.82 Å². The van der Waals surface area contributed by atoms with Gasteiger partial charge >= 0.3 is 0 Å². The van der Waals surface area contributed by atoms with E-state index >= 15 is 0 Å². The van der Waals surface area contributed by atoms with Gasteiger partial charge < -0.3 is 9.64 Å². The van der Waals surface area contributed by atoms with Crippen LogP contribution in [0.25, 0.3) is 0 Å². The normalized spacial score (nSPS) is 18.1. The van der Waals surface area contributed by atoms with E-state index in [0.717, 1.165) is 31.7 Å². The first-order chi connectivity index (χ1) is 7.29. The Balaban J connectivity index is 1.98. The largest absolute Gasteiger partial charge is 0.381 e. The van der Waals surface area contributed by atoms with Crippen LogP contribution < -0.4 is 4.90 Å². The third-order valence-corrected chi connectivity index (χ3v) is 2.81. The van der Waals surface area contributed by atoms with Gasteiger partial charge in [-0.25, -0.2) is 9.37 Å². The van der Waals surface area contributed by atoms with Crippen molar-refractivity contribution in [3.63, 3.8) is 0 Å². The van der Waals surface area contributed by atoms with E-state index < -0.39 is 0 Å². The van der Waals surface area contributed by atoms with Gasteiger partial charge in [0.05, 0.1) is 12.3 Å². The maximum absolute atomic E-state index is 12.7. The van der Waals surface area contributed by atoms with Gasteiger partial charge in [-0.05, 0) is 25.0 Å². The van der Waals surface area contributed by atoms with Crippen molar-refractivity contribution in [3.05, 3.63) is 24.1 Å². The molecule has 0 unspecified atom stereocenters. The number of anilines is 1. The molecular weight excluding hydrogens is 195 g/mol. The van der Waals surface area contributed by atoms with Crippen molar-refractivity contribution >= 4 is 5.82 Å². The van der Waals surface area contributed by atoms with Gasteiger partial charge in [0.15, 0.2) is 0 Å². The molecule has 1 aromatic heterocycles. The fourth-order valence-electron chi connectivity index (χ4n) is 1.88. The minimum atomic E-state index is -0.287. The second-order valence-electron chi connectivity index (χ2n) is 3.76. The standard InChI is InChI=1S/C11H15FN2O/c1-15-10-4-6-14(7-5-10)11-3-2-9(12)8-13-11/h2-3,8,10H,4-7H2,1H3. The number of halogens is 1. The van der Waals surface area contributed by atoms with Crippen LogP contribution in [0.3, 0.4) is 0 Å². The Morgan fingerprint density at radius 3 is 2.67 bits per heavy atom. The lowest BCUT2D eigenvalue weighted by Crippen LogP contribution is -2.37. The Morgan fingerprint density at radius 1 is 1.40 bits per heavy atom. The summed E-state index contributed by atoms with van der Waals surface area (Å²) in [4.78, 5) is 6.22. The van der Waals surface area contributed by atoms with Crippen LogP contribution in [0.2, 0.25) is 0 Å². The zero-order chi connectivity index (χ0) is 10.7. The molecule has 1 saturated heterocycles. The molecule has 1 fully saturated rings. The molecule has 0 atom stereocenters. The molecule has 82 valence electrons. The van der Waals surface area contributed by atoms with E-state index in [1.165, 1.54) is 12.3 Å². The first-order valence-corrected chi connectivity index (χ1v) is 5.19. The van der Waals surface area contributed by atoms with Crippen molar-refractivity contribution < 1.29 is 9.13 Å². The summed E-state index contributed by atoms with van der Waals surface area (Å²) in [6.07, 6.45) is 3.64. The number of rotatable bonds is 2. The van der Waals surface area contributed by atoms with E-state index in [9.17, 15) is 4.39 Å². The number of hydrogen-bond donors (Lipinski definition) is 0. The molecule has 0 bridgehead atoms. The van der Waals surface area contributed by atoms with E-state index in [2.05, 4.69) is 9.88 Å². The Hall–Kier alpha value is -1.16. The summed E-state index contributed by atoms with van der Waals surface area (Å²) in [7, 11) is 1.75. The van der Waals surface area contributed by atoms with Crippen molar-refractivity contribution in [2.75, 3.05) is 25.1 Å². The third kappa shape index (κ3) is 2.45. The molecule has 1 aromatic rings. The number of pyridine rings is 1. The zero-order valence-corrected chi connectivity index (χ0v) is 8.82. The molecule has 0 spiro atoms. The van der Waals surface area contributed by atoms with E-state index in [-0.39, 0.29) is 5.82 Å². The van der Waals surface area contributed by atoms with Gasteiger partial charge in [-0.2, -0.15) is 0 Å². The van der Waals surface area contributed by atoms with Crippen molar-refractivity contribution in [3.8, 4) is 0 Å². The molecule has 4 heteroatoms. The third-order valence-electron chi connectivity index (χ3n) is 2.81. The molecule has 0 saturated carbocycles. The maximum Gasteiger partial charge on any atom is 0.141 e. The Labute approximate surface area is 88.9 Å². The predicted molar refractivity (Wildman–Crippen MR) is 56.4 cm³/mol. The molecule has 1 aliphatic rings. The van der Waals surface area contributed by atoms with Gasteiger partial charge in [0, 0.05) is 20.2 Å². The molecule has 0 amide bonds. The van der Waals surface area contributed by atoms with Crippen molar-refractivity contribution in [2.24, 2.45) is 0 Å². The van der Waals surface area contributed by atoms with E-state index in [1.54, 1.807) is 13.2 Å². The summed E-state index contributed by atoms with van der Waals surface area (Å²) in [6, 6.07) is 3.17. The minimum Gasteiger partial charge on any atom is -0.381 e. The molecule has 0 radical (unpaired) electrons. The molecule has 0 N–H and O–H groups in total. The lowest BCUT2D eigenvalue weighted by atomic mass is 10.1. The summed E-state index contributed by atoms with van der Waals surface area (Å²) in [5.41, 5.74) is 0. The number of piperidine rings is 1. The van der Waals surface area contributed by atoms with Gasteiger partial charge in [0.2, 0.25) is 0 Å². The fourth-order valence-corrected chi connectivity index (χ4v) is 1.88. The number of ether oxygens (including phenoxy) is 1. The minimum absolute atomic E-state index is 0.287. The van der Waals surface area contributed by atoms with Crippen molar-refractivity contribution in [1.29, 1.82) is 0 Å². The van der Waals surface area contributed by atoms with Gasteiger partial charge in [-0.3, -0.25) is 0 Å². The van der Waals surface area contributed by atoms with Crippen LogP contribution in [0.5, 0.6) is 0 Å². The van der Waals surface area contributed by atoms with Crippen LogP contribution in [-0.2, 0) is 4.74 Å². The van der Waals surface area contributed by atoms with Crippen LogP contribution in [0.15, 0.2) is 18.3 Å². The highest BCUT2D eigenvalue weighted by Gasteiger charge is 2.19. The van der Waals surface area contributed by atoms with Crippen molar-refractivity contribution in [2.45, 2.75) is 18.9 Å². The number of aromatic nitrogens is 1. The molecule has 0 aliphatic carbocycles. The first-order valence-electron chi connectivity index (χ1n) is 5.19. The number of hydrogen-bond acceptors (Lipinski definition) is 3. The maximum atomic E-state index is 12.7.